The maximum atomic E-state index is 13.2. The summed E-state index contributed by atoms with van der Waals surface area (Å²) >= 11 is 0. The van der Waals surface area contributed by atoms with Crippen LogP contribution in [0.1, 0.15) is 159 Å². The van der Waals surface area contributed by atoms with Crippen molar-refractivity contribution in [3.05, 3.63) is 33.9 Å². The van der Waals surface area contributed by atoms with Crippen LogP contribution in [-0.4, -0.2) is 17.3 Å². The summed E-state index contributed by atoms with van der Waals surface area (Å²) in [5.41, 5.74) is 5.84. The van der Waals surface area contributed by atoms with E-state index in [1.165, 1.54) is 36.5 Å². The summed E-state index contributed by atoms with van der Waals surface area (Å²) in [6, 6.07) is 2.27. The van der Waals surface area contributed by atoms with Crippen LogP contribution < -0.4 is 0 Å². The highest BCUT2D eigenvalue weighted by Gasteiger charge is 2.34. The number of hydrogen-bond donors (Lipinski definition) is 0. The highest BCUT2D eigenvalue weighted by molar-refractivity contribution is 6.01. The monoisotopic (exact) mass is 528 g/mol. The van der Waals surface area contributed by atoms with E-state index >= 15 is 0 Å². The van der Waals surface area contributed by atoms with Gasteiger partial charge in [-0.1, -0.05) is 94.1 Å². The second-order valence-corrected chi connectivity index (χ2v) is 12.3. The zero-order valence-electron chi connectivity index (χ0n) is 27.1. The molecule has 0 saturated carbocycles. The average Bonchev–Trinajstić information content (AvgIpc) is 2.82. The SMILES string of the molecule is CCC.CCC(C)C.CCCC(CC1CC(=O)c2c(C)c(C)cc(C(C)C)c2C1)C(CC)C(=O)CC(C)=O. The summed E-state index contributed by atoms with van der Waals surface area (Å²) in [4.78, 5) is 37.5. The molecule has 0 spiro atoms. The molecule has 2 rings (SSSR count). The Morgan fingerprint density at radius 3 is 1.92 bits per heavy atom. The van der Waals surface area contributed by atoms with Crippen LogP contribution in [0.5, 0.6) is 0 Å². The van der Waals surface area contributed by atoms with Gasteiger partial charge in [0, 0.05) is 17.9 Å². The summed E-state index contributed by atoms with van der Waals surface area (Å²) in [5.74, 6) is 2.02. The molecule has 1 aromatic carbocycles. The lowest BCUT2D eigenvalue weighted by Gasteiger charge is -2.33. The molecule has 0 heterocycles. The van der Waals surface area contributed by atoms with Crippen molar-refractivity contribution in [1.82, 2.24) is 0 Å². The van der Waals surface area contributed by atoms with Crippen molar-refractivity contribution in [1.29, 1.82) is 0 Å². The van der Waals surface area contributed by atoms with Crippen molar-refractivity contribution >= 4 is 17.3 Å². The molecule has 3 atom stereocenters. The average molecular weight is 529 g/mol. The highest BCUT2D eigenvalue weighted by atomic mass is 16.1. The zero-order chi connectivity index (χ0) is 29.6. The minimum Gasteiger partial charge on any atom is -0.300 e. The molecule has 1 aliphatic rings. The molecule has 0 saturated heterocycles. The topological polar surface area (TPSA) is 51.2 Å². The fraction of sp³-hybridized carbons (Fsp3) is 0.743. The third-order valence-electron chi connectivity index (χ3n) is 7.81. The predicted octanol–water partition coefficient (Wildman–Crippen LogP) is 10.0. The smallest absolute Gasteiger partial charge is 0.163 e. The molecule has 0 aromatic heterocycles. The minimum atomic E-state index is -0.0744. The van der Waals surface area contributed by atoms with Crippen molar-refractivity contribution in [3.63, 3.8) is 0 Å². The van der Waals surface area contributed by atoms with Gasteiger partial charge in [-0.3, -0.25) is 14.4 Å². The normalized spacial score (nSPS) is 16.2. The largest absolute Gasteiger partial charge is 0.300 e. The quantitative estimate of drug-likeness (QED) is 0.268. The predicted molar refractivity (Wildman–Crippen MR) is 164 cm³/mol. The molecule has 38 heavy (non-hydrogen) atoms. The summed E-state index contributed by atoms with van der Waals surface area (Å²) < 4.78 is 0. The molecular formula is C35H60O3. The standard InChI is InChI=1S/C27H40O3.C5H12.C3H8/c1-8-10-21(22(9-2)25(29)12-18(6)28)13-20-14-24-23(16(3)4)11-17(5)19(7)27(24)26(30)15-20;1-4-5(2)3;1-3-2/h11,16,20-22H,8-10,12-15H2,1-7H3;5H,4H2,1-3H3;3H2,1-2H3. The van der Waals surface area contributed by atoms with Crippen LogP contribution >= 0.6 is 0 Å². The van der Waals surface area contributed by atoms with Crippen molar-refractivity contribution in [2.75, 3.05) is 0 Å². The third-order valence-corrected chi connectivity index (χ3v) is 7.81. The van der Waals surface area contributed by atoms with E-state index < -0.39 is 0 Å². The molecule has 218 valence electrons. The van der Waals surface area contributed by atoms with E-state index in [-0.39, 0.29) is 41.5 Å². The Kier molecular flexibility index (Phi) is 17.6. The summed E-state index contributed by atoms with van der Waals surface area (Å²) in [7, 11) is 0. The van der Waals surface area contributed by atoms with Crippen LogP contribution in [0.25, 0.3) is 0 Å². The first-order valence-corrected chi connectivity index (χ1v) is 15.5. The molecule has 3 heteroatoms. The second-order valence-electron chi connectivity index (χ2n) is 12.3. The molecule has 0 fully saturated rings. The van der Waals surface area contributed by atoms with Crippen LogP contribution in [0.4, 0.5) is 0 Å². The van der Waals surface area contributed by atoms with Crippen molar-refractivity contribution in [2.24, 2.45) is 23.7 Å². The zero-order valence-corrected chi connectivity index (χ0v) is 27.1. The number of hydrogen-bond acceptors (Lipinski definition) is 3. The van der Waals surface area contributed by atoms with Gasteiger partial charge < -0.3 is 0 Å². The second kappa shape index (κ2) is 18.5. The van der Waals surface area contributed by atoms with Gasteiger partial charge in [0.2, 0.25) is 0 Å². The number of Topliss-reactive ketones (excluding diaryl/α,β-unsaturated/α-hetero) is 3. The number of ketones is 3. The van der Waals surface area contributed by atoms with E-state index in [0.29, 0.717) is 12.3 Å². The lowest BCUT2D eigenvalue weighted by molar-refractivity contribution is -0.129. The lowest BCUT2D eigenvalue weighted by atomic mass is 9.70. The van der Waals surface area contributed by atoms with Crippen molar-refractivity contribution in [2.45, 2.75) is 147 Å². The number of rotatable bonds is 11. The maximum absolute atomic E-state index is 13.2. The van der Waals surface area contributed by atoms with E-state index in [9.17, 15) is 14.4 Å². The lowest BCUT2D eigenvalue weighted by Crippen LogP contribution is -2.30. The van der Waals surface area contributed by atoms with Crippen LogP contribution in [0, 0.1) is 37.5 Å². The first-order chi connectivity index (χ1) is 17.8. The number of fused-ring (bicyclic) bond motifs is 1. The van der Waals surface area contributed by atoms with Gasteiger partial charge in [-0.25, -0.2) is 0 Å². The molecule has 3 unspecified atom stereocenters. The Morgan fingerprint density at radius 2 is 1.50 bits per heavy atom. The summed E-state index contributed by atoms with van der Waals surface area (Å²) in [6.45, 7) is 25.2. The van der Waals surface area contributed by atoms with E-state index in [0.717, 1.165) is 49.1 Å². The highest BCUT2D eigenvalue weighted by Crippen LogP contribution is 2.39. The van der Waals surface area contributed by atoms with Crippen LogP contribution in [0.2, 0.25) is 0 Å². The Labute approximate surface area is 236 Å². The number of carbonyl (C=O) groups excluding carboxylic acids is 3. The molecular weight excluding hydrogens is 468 g/mol. The fourth-order valence-corrected chi connectivity index (χ4v) is 5.48. The Bertz CT molecular complexity index is 878. The first kappa shape index (κ1) is 36.2. The van der Waals surface area contributed by atoms with Gasteiger partial charge in [-0.2, -0.15) is 0 Å². The summed E-state index contributed by atoms with van der Waals surface area (Å²) in [6.07, 6.45) is 7.75. The number of benzene rings is 1. The molecule has 0 radical (unpaired) electrons. The molecule has 1 aromatic rings. The summed E-state index contributed by atoms with van der Waals surface area (Å²) in [5, 5.41) is 0. The Morgan fingerprint density at radius 1 is 0.947 bits per heavy atom. The van der Waals surface area contributed by atoms with Crippen molar-refractivity contribution in [3.8, 4) is 0 Å². The van der Waals surface area contributed by atoms with Gasteiger partial charge in [0.1, 0.15) is 11.6 Å². The molecule has 3 nitrogen and oxygen atoms in total. The van der Waals surface area contributed by atoms with Crippen molar-refractivity contribution < 1.29 is 14.4 Å². The number of aryl methyl sites for hydroxylation is 1. The van der Waals surface area contributed by atoms with E-state index in [1.54, 1.807) is 0 Å². The molecule has 0 amide bonds. The Balaban J connectivity index is 0.00000150. The molecule has 0 N–H and O–H groups in total. The van der Waals surface area contributed by atoms with Gasteiger partial charge in [0.05, 0.1) is 6.42 Å². The van der Waals surface area contributed by atoms with E-state index in [1.807, 2.05) is 0 Å². The molecule has 0 bridgehead atoms. The van der Waals surface area contributed by atoms with Gasteiger partial charge in [-0.15, -0.1) is 0 Å². The van der Waals surface area contributed by atoms with Crippen LogP contribution in [0.15, 0.2) is 6.07 Å². The van der Waals surface area contributed by atoms with Crippen LogP contribution in [-0.2, 0) is 16.0 Å². The van der Waals surface area contributed by atoms with E-state index in [2.05, 4.69) is 82.2 Å². The van der Waals surface area contributed by atoms with Gasteiger partial charge in [0.25, 0.3) is 0 Å². The van der Waals surface area contributed by atoms with E-state index in [4.69, 9.17) is 0 Å². The van der Waals surface area contributed by atoms with Gasteiger partial charge >= 0.3 is 0 Å². The van der Waals surface area contributed by atoms with Gasteiger partial charge in [-0.05, 0) is 86.0 Å². The first-order valence-electron chi connectivity index (χ1n) is 15.5. The third kappa shape index (κ3) is 11.5. The number of carbonyl (C=O) groups is 3. The maximum Gasteiger partial charge on any atom is 0.163 e. The molecule has 1 aliphatic carbocycles. The molecule has 0 aliphatic heterocycles. The Hall–Kier alpha value is -1.77. The minimum absolute atomic E-state index is 0.0428. The van der Waals surface area contributed by atoms with Crippen LogP contribution in [0.3, 0.4) is 0 Å². The fourth-order valence-electron chi connectivity index (χ4n) is 5.48. The van der Waals surface area contributed by atoms with Gasteiger partial charge in [0.15, 0.2) is 5.78 Å².